The molecule has 0 bridgehead atoms. The number of esters is 1. The quantitative estimate of drug-likeness (QED) is 0.294. The Morgan fingerprint density at radius 2 is 1.87 bits per heavy atom. The summed E-state index contributed by atoms with van der Waals surface area (Å²) in [6.07, 6.45) is 3.78. The first-order chi connectivity index (χ1) is 6.95. The Balaban J connectivity index is 3.34. The minimum absolute atomic E-state index is 0.0252. The molecule has 0 aromatic heterocycles. The summed E-state index contributed by atoms with van der Waals surface area (Å²) in [5.41, 5.74) is 0. The molecule has 0 aromatic carbocycles. The average molecular weight is 295 g/mol. The van der Waals surface area contributed by atoms with E-state index >= 15 is 0 Å². The molecule has 0 saturated heterocycles. The lowest BCUT2D eigenvalue weighted by Gasteiger charge is -2.15. The van der Waals surface area contributed by atoms with E-state index in [4.69, 9.17) is 4.74 Å². The summed E-state index contributed by atoms with van der Waals surface area (Å²) in [5, 5.41) is 1.03. The van der Waals surface area contributed by atoms with E-state index in [0.29, 0.717) is 13.0 Å². The summed E-state index contributed by atoms with van der Waals surface area (Å²) in [6.45, 7) is 7.48. The maximum absolute atomic E-state index is 11.3. The van der Waals surface area contributed by atoms with Crippen LogP contribution in [-0.2, 0) is 9.53 Å². The lowest BCUT2D eigenvalue weighted by molar-refractivity contribution is -0.143. The highest BCUT2D eigenvalue weighted by molar-refractivity contribution is 9.09. The fourth-order valence-electron chi connectivity index (χ4n) is 1.08. The van der Waals surface area contributed by atoms with E-state index in [1.807, 2.05) is 0 Å². The minimum Gasteiger partial charge on any atom is -0.466 e. The number of ether oxygens (including phenoxy) is 1. The van der Waals surface area contributed by atoms with Crippen molar-refractivity contribution in [3.05, 3.63) is 0 Å². The van der Waals surface area contributed by atoms with E-state index in [-0.39, 0.29) is 5.97 Å². The zero-order valence-electron chi connectivity index (χ0n) is 10.1. The second kappa shape index (κ2) is 8.33. The van der Waals surface area contributed by atoms with Gasteiger partial charge >= 0.3 is 5.97 Å². The molecule has 0 atom stereocenters. The van der Waals surface area contributed by atoms with Crippen LogP contribution >= 0.6 is 15.9 Å². The molecular formula is C11H23BrO2Si. The summed E-state index contributed by atoms with van der Waals surface area (Å²) < 4.78 is 5.18. The number of hydrogen-bond donors (Lipinski definition) is 0. The van der Waals surface area contributed by atoms with Crippen LogP contribution in [0.4, 0.5) is 0 Å². The van der Waals surface area contributed by atoms with Crippen LogP contribution < -0.4 is 0 Å². The first kappa shape index (κ1) is 15.2. The van der Waals surface area contributed by atoms with E-state index in [1.54, 1.807) is 0 Å². The van der Waals surface area contributed by atoms with Crippen LogP contribution in [0.25, 0.3) is 0 Å². The molecule has 0 aromatic rings. The molecular weight excluding hydrogens is 272 g/mol. The Morgan fingerprint density at radius 1 is 1.20 bits per heavy atom. The second-order valence-electron chi connectivity index (χ2n) is 5.03. The van der Waals surface area contributed by atoms with E-state index < -0.39 is 8.07 Å². The van der Waals surface area contributed by atoms with Gasteiger partial charge in [-0.05, 0) is 18.9 Å². The molecule has 15 heavy (non-hydrogen) atoms. The van der Waals surface area contributed by atoms with Crippen LogP contribution in [0.5, 0.6) is 0 Å². The third-order valence-corrected chi connectivity index (χ3v) is 4.39. The zero-order valence-corrected chi connectivity index (χ0v) is 12.7. The summed E-state index contributed by atoms with van der Waals surface area (Å²) in [7, 11) is -1.05. The van der Waals surface area contributed by atoms with Crippen LogP contribution in [0.15, 0.2) is 0 Å². The fraction of sp³-hybridized carbons (Fsp3) is 0.909. The number of unbranched alkanes of at least 4 members (excludes halogenated alkanes) is 2. The van der Waals surface area contributed by atoms with Crippen molar-refractivity contribution in [1.29, 1.82) is 0 Å². The molecule has 2 nitrogen and oxygen atoms in total. The molecule has 0 aliphatic carbocycles. The third kappa shape index (κ3) is 12.1. The Labute approximate surface area is 103 Å². The van der Waals surface area contributed by atoms with Gasteiger partial charge in [0.05, 0.1) is 6.61 Å². The van der Waals surface area contributed by atoms with Crippen LogP contribution in [-0.4, -0.2) is 26.0 Å². The van der Waals surface area contributed by atoms with Crippen molar-refractivity contribution in [3.63, 3.8) is 0 Å². The summed E-state index contributed by atoms with van der Waals surface area (Å²) in [4.78, 5) is 11.3. The van der Waals surface area contributed by atoms with E-state index in [2.05, 4.69) is 35.6 Å². The molecule has 90 valence electrons. The maximum atomic E-state index is 11.3. The largest absolute Gasteiger partial charge is 0.466 e. The Morgan fingerprint density at radius 3 is 2.40 bits per heavy atom. The van der Waals surface area contributed by atoms with Gasteiger partial charge in [0.15, 0.2) is 0 Å². The highest BCUT2D eigenvalue weighted by Crippen LogP contribution is 2.09. The van der Waals surface area contributed by atoms with Gasteiger partial charge in [0, 0.05) is 19.8 Å². The van der Waals surface area contributed by atoms with Gasteiger partial charge in [-0.2, -0.15) is 0 Å². The predicted molar refractivity (Wildman–Crippen MR) is 71.4 cm³/mol. The van der Waals surface area contributed by atoms with E-state index in [9.17, 15) is 4.79 Å². The number of rotatable bonds is 8. The number of alkyl halides is 1. The van der Waals surface area contributed by atoms with Crippen LogP contribution in [0.3, 0.4) is 0 Å². The molecule has 0 rings (SSSR count). The van der Waals surface area contributed by atoms with Gasteiger partial charge in [0.25, 0.3) is 0 Å². The molecule has 0 unspecified atom stereocenters. The average Bonchev–Trinajstić information content (AvgIpc) is 2.10. The highest BCUT2D eigenvalue weighted by Gasteiger charge is 2.13. The van der Waals surface area contributed by atoms with Crippen molar-refractivity contribution in [2.75, 3.05) is 11.9 Å². The molecule has 0 heterocycles. The topological polar surface area (TPSA) is 26.3 Å². The van der Waals surface area contributed by atoms with Crippen molar-refractivity contribution in [2.45, 2.75) is 51.4 Å². The van der Waals surface area contributed by atoms with Crippen molar-refractivity contribution in [1.82, 2.24) is 0 Å². The van der Waals surface area contributed by atoms with Crippen molar-refractivity contribution in [3.8, 4) is 0 Å². The molecule has 0 saturated carbocycles. The molecule has 0 fully saturated rings. The van der Waals surface area contributed by atoms with Crippen LogP contribution in [0.1, 0.15) is 25.7 Å². The highest BCUT2D eigenvalue weighted by atomic mass is 79.9. The molecule has 0 amide bonds. The summed E-state index contributed by atoms with van der Waals surface area (Å²) >= 11 is 3.37. The second-order valence-corrected chi connectivity index (χ2v) is 11.4. The SMILES string of the molecule is C[Si](C)(C)CCOC(=O)CCCCCBr. The van der Waals surface area contributed by atoms with E-state index in [0.717, 1.165) is 30.6 Å². The number of carbonyl (C=O) groups excluding carboxylic acids is 1. The van der Waals surface area contributed by atoms with Gasteiger partial charge < -0.3 is 4.74 Å². The first-order valence-electron chi connectivity index (χ1n) is 5.67. The monoisotopic (exact) mass is 294 g/mol. The van der Waals surface area contributed by atoms with Gasteiger partial charge in [0.1, 0.15) is 0 Å². The van der Waals surface area contributed by atoms with Gasteiger partial charge in [-0.1, -0.05) is 42.0 Å². The van der Waals surface area contributed by atoms with Gasteiger partial charge in [-0.15, -0.1) is 0 Å². The first-order valence-corrected chi connectivity index (χ1v) is 10.5. The van der Waals surface area contributed by atoms with Crippen molar-refractivity contribution < 1.29 is 9.53 Å². The molecule has 0 aliphatic rings. The Hall–Kier alpha value is 0.167. The minimum atomic E-state index is -1.05. The van der Waals surface area contributed by atoms with Gasteiger partial charge in [-0.25, -0.2) is 0 Å². The van der Waals surface area contributed by atoms with Crippen molar-refractivity contribution in [2.24, 2.45) is 0 Å². The molecule has 0 N–H and O–H groups in total. The molecule has 4 heteroatoms. The number of halogens is 1. The Bertz CT molecular complexity index is 178. The van der Waals surface area contributed by atoms with Crippen LogP contribution in [0, 0.1) is 0 Å². The lowest BCUT2D eigenvalue weighted by Crippen LogP contribution is -2.22. The summed E-state index contributed by atoms with van der Waals surface area (Å²) in [6, 6.07) is 1.07. The van der Waals surface area contributed by atoms with Gasteiger partial charge in [-0.3, -0.25) is 4.79 Å². The van der Waals surface area contributed by atoms with Crippen LogP contribution in [0.2, 0.25) is 25.7 Å². The smallest absolute Gasteiger partial charge is 0.305 e. The normalized spacial score (nSPS) is 11.5. The van der Waals surface area contributed by atoms with Gasteiger partial charge in [0.2, 0.25) is 0 Å². The fourth-order valence-corrected chi connectivity index (χ4v) is 2.19. The van der Waals surface area contributed by atoms with Crippen molar-refractivity contribution >= 4 is 30.0 Å². The van der Waals surface area contributed by atoms with E-state index in [1.165, 1.54) is 0 Å². The predicted octanol–water partition coefficient (Wildman–Crippen LogP) is 3.82. The number of carbonyl (C=O) groups is 1. The summed E-state index contributed by atoms with van der Waals surface area (Å²) in [5.74, 6) is -0.0252. The Kier molecular flexibility index (Phi) is 8.43. The molecule has 0 spiro atoms. The number of hydrogen-bond acceptors (Lipinski definition) is 2. The standard InChI is InChI=1S/C11H23BrO2Si/c1-15(2,3)10-9-14-11(13)7-5-4-6-8-12/h4-10H2,1-3H3. The lowest BCUT2D eigenvalue weighted by atomic mass is 10.2. The molecule has 0 aliphatic heterocycles. The molecule has 0 radical (unpaired) electrons. The maximum Gasteiger partial charge on any atom is 0.305 e. The zero-order chi connectivity index (χ0) is 11.7. The third-order valence-electron chi connectivity index (χ3n) is 2.13.